The number of amides is 1. The van der Waals surface area contributed by atoms with Crippen LogP contribution in [0.1, 0.15) is 32.4 Å². The Morgan fingerprint density at radius 2 is 1.96 bits per heavy atom. The van der Waals surface area contributed by atoms with Crippen molar-refractivity contribution < 1.29 is 4.79 Å². The summed E-state index contributed by atoms with van der Waals surface area (Å²) >= 11 is 3.10. The molecule has 134 valence electrons. The molecule has 0 aliphatic carbocycles. The quantitative estimate of drug-likeness (QED) is 0.523. The number of nitrogens with zero attached hydrogens (tertiary/aromatic N) is 3. The molecule has 3 aromatic heterocycles. The lowest BCUT2D eigenvalue weighted by Crippen LogP contribution is -2.42. The van der Waals surface area contributed by atoms with Crippen LogP contribution in [0.2, 0.25) is 0 Å². The molecule has 0 saturated carbocycles. The Morgan fingerprint density at radius 1 is 1.11 bits per heavy atom. The molecule has 0 spiro atoms. The molecule has 4 heterocycles. The number of carbonyl (C=O) groups is 1. The van der Waals surface area contributed by atoms with E-state index in [4.69, 9.17) is 0 Å². The lowest BCUT2D eigenvalue weighted by atomic mass is 9.93. The number of rotatable bonds is 2. The van der Waals surface area contributed by atoms with Gasteiger partial charge in [0.25, 0.3) is 11.5 Å². The first-order chi connectivity index (χ1) is 13.2. The first-order valence-corrected chi connectivity index (χ1v) is 10.4. The standard InChI is InChI=1S/C20H15N3O2S2/c24-18(15-12-21-20-23(19(15)25)9-11-27-20)22-8-6-16-14(7-10-26-16)17(22)13-4-2-1-3-5-13/h1-5,7,9-12,17H,6,8H2. The Kier molecular flexibility index (Phi) is 3.91. The summed E-state index contributed by atoms with van der Waals surface area (Å²) in [6.07, 6.45) is 3.88. The Morgan fingerprint density at radius 3 is 2.81 bits per heavy atom. The fourth-order valence-electron chi connectivity index (χ4n) is 3.66. The SMILES string of the molecule is O=C(c1cnc2sccn2c1=O)N1CCc2sccc2C1c1ccccc1. The highest BCUT2D eigenvalue weighted by Gasteiger charge is 2.34. The minimum atomic E-state index is -0.311. The zero-order chi connectivity index (χ0) is 18.4. The molecular formula is C20H15N3O2S2. The molecule has 5 rings (SSSR count). The number of thiazole rings is 1. The molecule has 1 unspecified atom stereocenters. The molecule has 1 amide bonds. The van der Waals surface area contributed by atoms with E-state index < -0.39 is 0 Å². The van der Waals surface area contributed by atoms with Crippen LogP contribution in [0, 0.1) is 0 Å². The van der Waals surface area contributed by atoms with Crippen LogP contribution in [-0.2, 0) is 6.42 Å². The molecule has 27 heavy (non-hydrogen) atoms. The van der Waals surface area contributed by atoms with Crippen LogP contribution in [0.15, 0.2) is 64.3 Å². The van der Waals surface area contributed by atoms with Crippen molar-refractivity contribution >= 4 is 33.5 Å². The maximum atomic E-state index is 13.4. The number of aromatic nitrogens is 2. The van der Waals surface area contributed by atoms with Crippen molar-refractivity contribution in [3.05, 3.63) is 91.5 Å². The number of fused-ring (bicyclic) bond motifs is 2. The summed E-state index contributed by atoms with van der Waals surface area (Å²) in [5.74, 6) is -0.265. The summed E-state index contributed by atoms with van der Waals surface area (Å²) in [6, 6.07) is 11.9. The van der Waals surface area contributed by atoms with E-state index in [1.165, 1.54) is 26.8 Å². The number of hydrogen-bond donors (Lipinski definition) is 0. The van der Waals surface area contributed by atoms with Crippen LogP contribution in [0.25, 0.3) is 4.96 Å². The topological polar surface area (TPSA) is 54.7 Å². The predicted octanol–water partition coefficient (Wildman–Crippen LogP) is 3.61. The van der Waals surface area contributed by atoms with Gasteiger partial charge in [-0.1, -0.05) is 30.3 Å². The summed E-state index contributed by atoms with van der Waals surface area (Å²) in [4.78, 5) is 34.2. The monoisotopic (exact) mass is 393 g/mol. The Bertz CT molecular complexity index is 1190. The van der Waals surface area contributed by atoms with Gasteiger partial charge in [0.2, 0.25) is 0 Å². The van der Waals surface area contributed by atoms with Gasteiger partial charge >= 0.3 is 0 Å². The maximum absolute atomic E-state index is 13.4. The van der Waals surface area contributed by atoms with Gasteiger partial charge in [-0.15, -0.1) is 22.7 Å². The van der Waals surface area contributed by atoms with Gasteiger partial charge in [0.15, 0.2) is 4.96 Å². The molecule has 1 aliphatic heterocycles. The molecule has 7 heteroatoms. The average Bonchev–Trinajstić information content (AvgIpc) is 3.37. The third-order valence-electron chi connectivity index (χ3n) is 4.92. The van der Waals surface area contributed by atoms with Gasteiger partial charge in [-0.05, 0) is 29.0 Å². The van der Waals surface area contributed by atoms with E-state index in [1.807, 2.05) is 35.2 Å². The van der Waals surface area contributed by atoms with Crippen LogP contribution in [-0.4, -0.2) is 26.7 Å². The normalized spacial score (nSPS) is 16.4. The average molecular weight is 393 g/mol. The van der Waals surface area contributed by atoms with Crippen LogP contribution in [0.5, 0.6) is 0 Å². The molecule has 5 nitrogen and oxygen atoms in total. The van der Waals surface area contributed by atoms with E-state index >= 15 is 0 Å². The molecule has 0 N–H and O–H groups in total. The summed E-state index contributed by atoms with van der Waals surface area (Å²) in [5, 5.41) is 3.87. The van der Waals surface area contributed by atoms with Crippen molar-refractivity contribution in [1.82, 2.24) is 14.3 Å². The van der Waals surface area contributed by atoms with Crippen molar-refractivity contribution in [2.75, 3.05) is 6.54 Å². The lowest BCUT2D eigenvalue weighted by molar-refractivity contribution is 0.0693. The first-order valence-electron chi connectivity index (χ1n) is 8.61. The van der Waals surface area contributed by atoms with Gasteiger partial charge in [0.05, 0.1) is 6.04 Å². The number of benzene rings is 1. The second kappa shape index (κ2) is 6.44. The molecule has 1 atom stereocenters. The zero-order valence-corrected chi connectivity index (χ0v) is 15.9. The van der Waals surface area contributed by atoms with Crippen LogP contribution in [0.3, 0.4) is 0 Å². The zero-order valence-electron chi connectivity index (χ0n) is 14.2. The number of hydrogen-bond acceptors (Lipinski definition) is 5. The van der Waals surface area contributed by atoms with Crippen molar-refractivity contribution in [2.24, 2.45) is 0 Å². The smallest absolute Gasteiger partial charge is 0.271 e. The van der Waals surface area contributed by atoms with Crippen LogP contribution in [0.4, 0.5) is 0 Å². The van der Waals surface area contributed by atoms with Gasteiger partial charge < -0.3 is 4.90 Å². The summed E-state index contributed by atoms with van der Waals surface area (Å²) in [7, 11) is 0. The minimum Gasteiger partial charge on any atom is -0.327 e. The van der Waals surface area contributed by atoms with E-state index in [2.05, 4.69) is 16.4 Å². The largest absolute Gasteiger partial charge is 0.327 e. The molecule has 1 aliphatic rings. The highest BCUT2D eigenvalue weighted by molar-refractivity contribution is 7.15. The second-order valence-corrected chi connectivity index (χ2v) is 8.27. The molecular weight excluding hydrogens is 378 g/mol. The summed E-state index contributed by atoms with van der Waals surface area (Å²) < 4.78 is 1.44. The molecule has 1 aromatic carbocycles. The molecule has 0 saturated heterocycles. The van der Waals surface area contributed by atoms with Gasteiger partial charge in [0, 0.05) is 29.2 Å². The predicted molar refractivity (Wildman–Crippen MR) is 107 cm³/mol. The maximum Gasteiger partial charge on any atom is 0.271 e. The van der Waals surface area contributed by atoms with Gasteiger partial charge in [-0.25, -0.2) is 4.98 Å². The van der Waals surface area contributed by atoms with Crippen molar-refractivity contribution in [2.45, 2.75) is 12.5 Å². The molecule has 0 radical (unpaired) electrons. The molecule has 0 bridgehead atoms. The minimum absolute atomic E-state index is 0.116. The second-order valence-electron chi connectivity index (χ2n) is 6.39. The third-order valence-corrected chi connectivity index (χ3v) is 6.68. The summed E-state index contributed by atoms with van der Waals surface area (Å²) in [5.41, 5.74) is 2.00. The van der Waals surface area contributed by atoms with E-state index in [1.54, 1.807) is 22.9 Å². The fourth-order valence-corrected chi connectivity index (χ4v) is 5.24. The van der Waals surface area contributed by atoms with Crippen LogP contribution < -0.4 is 5.56 Å². The number of carbonyl (C=O) groups excluding carboxylic acids is 1. The first kappa shape index (κ1) is 16.4. The fraction of sp³-hybridized carbons (Fsp3) is 0.150. The number of thiophene rings is 1. The van der Waals surface area contributed by atoms with E-state index in [0.717, 1.165) is 17.5 Å². The van der Waals surface area contributed by atoms with Crippen molar-refractivity contribution in [3.63, 3.8) is 0 Å². The molecule has 0 fully saturated rings. The highest BCUT2D eigenvalue weighted by atomic mass is 32.1. The van der Waals surface area contributed by atoms with Crippen molar-refractivity contribution in [1.29, 1.82) is 0 Å². The van der Waals surface area contributed by atoms with Crippen LogP contribution >= 0.6 is 22.7 Å². The van der Waals surface area contributed by atoms with E-state index in [9.17, 15) is 9.59 Å². The van der Waals surface area contributed by atoms with Gasteiger partial charge in [0.1, 0.15) is 5.56 Å². The van der Waals surface area contributed by atoms with Crippen molar-refractivity contribution in [3.8, 4) is 0 Å². The Labute approximate surface area is 163 Å². The van der Waals surface area contributed by atoms with E-state index in [0.29, 0.717) is 11.5 Å². The highest BCUT2D eigenvalue weighted by Crippen LogP contribution is 2.38. The van der Waals surface area contributed by atoms with Gasteiger partial charge in [-0.3, -0.25) is 14.0 Å². The Hall–Kier alpha value is -2.77. The van der Waals surface area contributed by atoms with E-state index in [-0.39, 0.29) is 23.1 Å². The summed E-state index contributed by atoms with van der Waals surface area (Å²) in [6.45, 7) is 0.581. The third kappa shape index (κ3) is 2.62. The van der Waals surface area contributed by atoms with Gasteiger partial charge in [-0.2, -0.15) is 0 Å². The lowest BCUT2D eigenvalue weighted by Gasteiger charge is -2.36. The molecule has 4 aromatic rings. The Balaban J connectivity index is 1.63.